The molecule has 0 saturated carbocycles. The Balaban J connectivity index is 1.92. The highest BCUT2D eigenvalue weighted by Crippen LogP contribution is 2.15. The van der Waals surface area contributed by atoms with Crippen LogP contribution >= 0.6 is 0 Å². The summed E-state index contributed by atoms with van der Waals surface area (Å²) in [5.74, 6) is 6.07. The molecule has 0 radical (unpaired) electrons. The van der Waals surface area contributed by atoms with Crippen LogP contribution in [0.15, 0.2) is 36.8 Å². The van der Waals surface area contributed by atoms with Crippen LogP contribution in [0.3, 0.4) is 0 Å². The van der Waals surface area contributed by atoms with Crippen molar-refractivity contribution in [2.45, 2.75) is 13.3 Å². The highest BCUT2D eigenvalue weighted by Gasteiger charge is 1.97. The van der Waals surface area contributed by atoms with Gasteiger partial charge in [-0.15, -0.1) is 0 Å². The van der Waals surface area contributed by atoms with Crippen molar-refractivity contribution in [2.24, 2.45) is 0 Å². The van der Waals surface area contributed by atoms with Crippen molar-refractivity contribution in [3.63, 3.8) is 0 Å². The van der Waals surface area contributed by atoms with Crippen LogP contribution < -0.4 is 5.32 Å². The highest BCUT2D eigenvalue weighted by atomic mass is 16.1. The van der Waals surface area contributed by atoms with E-state index in [-0.39, 0.29) is 5.91 Å². The van der Waals surface area contributed by atoms with Gasteiger partial charge in [0.05, 0.1) is 18.2 Å². The SMILES string of the molecule is CC(=O)NCCC#Cc1ccc(-c2cnc[nH]2)cc1. The van der Waals surface area contributed by atoms with Crippen molar-refractivity contribution < 1.29 is 4.79 Å². The van der Waals surface area contributed by atoms with Crippen LogP contribution in [-0.4, -0.2) is 22.4 Å². The number of hydrogen-bond acceptors (Lipinski definition) is 2. The Morgan fingerprint density at radius 3 is 2.79 bits per heavy atom. The zero-order valence-electron chi connectivity index (χ0n) is 10.7. The van der Waals surface area contributed by atoms with Crippen LogP contribution in [0.2, 0.25) is 0 Å². The summed E-state index contributed by atoms with van der Waals surface area (Å²) in [5.41, 5.74) is 3.04. The van der Waals surface area contributed by atoms with Crippen molar-refractivity contribution in [3.8, 4) is 23.1 Å². The second-order valence-electron chi connectivity index (χ2n) is 4.08. The molecule has 1 amide bonds. The molecule has 2 N–H and O–H groups in total. The fourth-order valence-electron chi connectivity index (χ4n) is 1.61. The number of carbonyl (C=O) groups is 1. The van der Waals surface area contributed by atoms with Crippen LogP contribution in [0.5, 0.6) is 0 Å². The van der Waals surface area contributed by atoms with Crippen molar-refractivity contribution >= 4 is 5.91 Å². The number of imidazole rings is 1. The molecule has 2 aromatic rings. The van der Waals surface area contributed by atoms with E-state index in [9.17, 15) is 4.79 Å². The third-order valence-corrected chi connectivity index (χ3v) is 2.55. The molecule has 4 heteroatoms. The van der Waals surface area contributed by atoms with Gasteiger partial charge >= 0.3 is 0 Å². The van der Waals surface area contributed by atoms with Gasteiger partial charge in [0.2, 0.25) is 5.91 Å². The number of aromatic nitrogens is 2. The number of aromatic amines is 1. The molecular weight excluding hydrogens is 238 g/mol. The molecule has 19 heavy (non-hydrogen) atoms. The maximum atomic E-state index is 10.7. The Kier molecular flexibility index (Phi) is 4.35. The normalized spacial score (nSPS) is 9.53. The predicted octanol–water partition coefficient (Wildman–Crippen LogP) is 1.95. The number of nitrogens with one attached hydrogen (secondary N) is 2. The first-order valence-electron chi connectivity index (χ1n) is 6.08. The maximum absolute atomic E-state index is 10.7. The lowest BCUT2D eigenvalue weighted by Crippen LogP contribution is -2.20. The molecule has 0 atom stereocenters. The van der Waals surface area contributed by atoms with Gasteiger partial charge < -0.3 is 10.3 Å². The van der Waals surface area contributed by atoms with E-state index >= 15 is 0 Å². The fraction of sp³-hybridized carbons (Fsp3) is 0.200. The van der Waals surface area contributed by atoms with Crippen molar-refractivity contribution in [1.82, 2.24) is 15.3 Å². The summed E-state index contributed by atoms with van der Waals surface area (Å²) in [6.07, 6.45) is 4.10. The van der Waals surface area contributed by atoms with Crippen LogP contribution in [0.4, 0.5) is 0 Å². The van der Waals surface area contributed by atoms with E-state index in [2.05, 4.69) is 27.1 Å². The molecule has 1 heterocycles. The fourth-order valence-corrected chi connectivity index (χ4v) is 1.61. The number of carbonyl (C=O) groups excluding carboxylic acids is 1. The third kappa shape index (κ3) is 4.00. The first-order chi connectivity index (χ1) is 9.25. The average Bonchev–Trinajstić information content (AvgIpc) is 2.93. The van der Waals surface area contributed by atoms with Crippen LogP contribution in [0.25, 0.3) is 11.3 Å². The minimum Gasteiger partial charge on any atom is -0.355 e. The van der Waals surface area contributed by atoms with Gasteiger partial charge in [0.15, 0.2) is 0 Å². The van der Waals surface area contributed by atoms with E-state index in [1.165, 1.54) is 6.92 Å². The predicted molar refractivity (Wildman–Crippen MR) is 74.2 cm³/mol. The molecule has 0 spiro atoms. The van der Waals surface area contributed by atoms with Gasteiger partial charge in [0.25, 0.3) is 0 Å². The van der Waals surface area contributed by atoms with Gasteiger partial charge in [0, 0.05) is 25.5 Å². The monoisotopic (exact) mass is 253 g/mol. The topological polar surface area (TPSA) is 57.8 Å². The highest BCUT2D eigenvalue weighted by molar-refractivity contribution is 5.72. The lowest BCUT2D eigenvalue weighted by Gasteiger charge is -1.97. The van der Waals surface area contributed by atoms with E-state index in [1.807, 2.05) is 24.3 Å². The molecule has 96 valence electrons. The summed E-state index contributed by atoms with van der Waals surface area (Å²) >= 11 is 0. The molecule has 0 unspecified atom stereocenters. The number of benzene rings is 1. The summed E-state index contributed by atoms with van der Waals surface area (Å²) in [6.45, 7) is 2.09. The molecule has 0 aliphatic heterocycles. The Labute approximate surface area is 112 Å². The number of nitrogens with zero attached hydrogens (tertiary/aromatic N) is 1. The van der Waals surface area contributed by atoms with Crippen molar-refractivity contribution in [3.05, 3.63) is 42.4 Å². The van der Waals surface area contributed by atoms with Crippen LogP contribution in [-0.2, 0) is 4.79 Å². The standard InChI is InChI=1S/C15H15N3O/c1-12(19)17-9-3-2-4-13-5-7-14(8-6-13)15-10-16-11-18-15/h5-8,10-11H,3,9H2,1H3,(H,16,18)(H,17,19). The van der Waals surface area contributed by atoms with Gasteiger partial charge in [-0.25, -0.2) is 4.98 Å². The molecule has 2 rings (SSSR count). The minimum atomic E-state index is -0.0225. The van der Waals surface area contributed by atoms with Crippen molar-refractivity contribution in [2.75, 3.05) is 6.54 Å². The van der Waals surface area contributed by atoms with E-state index in [1.54, 1.807) is 12.5 Å². The largest absolute Gasteiger partial charge is 0.355 e. The first-order valence-corrected chi connectivity index (χ1v) is 6.08. The summed E-state index contributed by atoms with van der Waals surface area (Å²) in [6, 6.07) is 7.96. The molecule has 1 aromatic heterocycles. The molecule has 0 fully saturated rings. The quantitative estimate of drug-likeness (QED) is 0.649. The van der Waals surface area contributed by atoms with E-state index in [4.69, 9.17) is 0 Å². The third-order valence-electron chi connectivity index (χ3n) is 2.55. The molecule has 0 aliphatic rings. The minimum absolute atomic E-state index is 0.0225. The van der Waals surface area contributed by atoms with Crippen molar-refractivity contribution in [1.29, 1.82) is 0 Å². The van der Waals surface area contributed by atoms with Gasteiger partial charge in [0.1, 0.15) is 0 Å². The second kappa shape index (κ2) is 6.41. The smallest absolute Gasteiger partial charge is 0.216 e. The van der Waals surface area contributed by atoms with Crippen LogP contribution in [0.1, 0.15) is 18.9 Å². The Morgan fingerprint density at radius 1 is 1.37 bits per heavy atom. The zero-order valence-corrected chi connectivity index (χ0v) is 10.7. The summed E-state index contributed by atoms with van der Waals surface area (Å²) in [5, 5.41) is 2.71. The van der Waals surface area contributed by atoms with Gasteiger partial charge in [-0.3, -0.25) is 4.79 Å². The second-order valence-corrected chi connectivity index (χ2v) is 4.08. The number of amides is 1. The average molecular weight is 253 g/mol. The Hall–Kier alpha value is -2.54. The Morgan fingerprint density at radius 2 is 2.16 bits per heavy atom. The summed E-state index contributed by atoms with van der Waals surface area (Å²) in [7, 11) is 0. The van der Waals surface area contributed by atoms with Gasteiger partial charge in [-0.1, -0.05) is 24.0 Å². The van der Waals surface area contributed by atoms with E-state index < -0.39 is 0 Å². The maximum Gasteiger partial charge on any atom is 0.216 e. The first kappa shape index (κ1) is 12.9. The molecule has 0 bridgehead atoms. The molecular formula is C15H15N3O. The number of hydrogen-bond donors (Lipinski definition) is 2. The van der Waals surface area contributed by atoms with E-state index in [0.29, 0.717) is 13.0 Å². The number of H-pyrrole nitrogens is 1. The zero-order chi connectivity index (χ0) is 13.5. The molecule has 1 aromatic carbocycles. The molecule has 4 nitrogen and oxygen atoms in total. The van der Waals surface area contributed by atoms with E-state index in [0.717, 1.165) is 16.8 Å². The Bertz CT molecular complexity index is 589. The summed E-state index contributed by atoms with van der Waals surface area (Å²) < 4.78 is 0. The number of rotatable bonds is 3. The molecule has 0 saturated heterocycles. The van der Waals surface area contributed by atoms with Gasteiger partial charge in [-0.05, 0) is 17.7 Å². The summed E-state index contributed by atoms with van der Waals surface area (Å²) in [4.78, 5) is 17.7. The molecule has 0 aliphatic carbocycles. The lowest BCUT2D eigenvalue weighted by atomic mass is 10.1. The lowest BCUT2D eigenvalue weighted by molar-refractivity contribution is -0.118. The van der Waals surface area contributed by atoms with Crippen LogP contribution in [0, 0.1) is 11.8 Å². The van der Waals surface area contributed by atoms with Gasteiger partial charge in [-0.2, -0.15) is 0 Å².